The Balaban J connectivity index is 1.29. The number of H-pyrrole nitrogens is 1. The highest BCUT2D eigenvalue weighted by Gasteiger charge is 2.31. The highest BCUT2D eigenvalue weighted by Crippen LogP contribution is 2.39. The zero-order valence-corrected chi connectivity index (χ0v) is 20.3. The standard InChI is InChI=1S/C29H20F3N3O4/c30-29(31,32)18-5-3-4-17(14-18)15-25(36)35-12-13-38-24-16-19(8-9-22(24)35)39-23-10-11-33-27-26(23)20-6-1-2-7-21(20)28(37)34-27/h1-11,14,16H,12-13,15H2,(H,33,34,37). The number of benzene rings is 3. The number of anilines is 1. The lowest BCUT2D eigenvalue weighted by molar-refractivity contribution is -0.137. The van der Waals surface area contributed by atoms with Gasteiger partial charge in [-0.05, 0) is 35.9 Å². The molecular formula is C29H20F3N3O4. The second-order valence-corrected chi connectivity index (χ2v) is 9.03. The summed E-state index contributed by atoms with van der Waals surface area (Å²) in [5, 5.41) is 1.84. The number of aromatic nitrogens is 2. The minimum absolute atomic E-state index is 0.185. The Morgan fingerprint density at radius 2 is 1.85 bits per heavy atom. The van der Waals surface area contributed by atoms with E-state index in [1.165, 1.54) is 23.2 Å². The van der Waals surface area contributed by atoms with Crippen molar-refractivity contribution >= 4 is 33.4 Å². The number of hydrogen-bond donors (Lipinski definition) is 1. The SMILES string of the molecule is O=C(Cc1cccc(C(F)(F)F)c1)N1CCOc2cc(Oc3ccnc4[nH]c(=O)c5ccccc5c34)ccc21. The molecule has 0 fully saturated rings. The molecule has 39 heavy (non-hydrogen) atoms. The molecule has 1 aliphatic heterocycles. The molecule has 0 saturated heterocycles. The monoisotopic (exact) mass is 531 g/mol. The van der Waals surface area contributed by atoms with Crippen molar-refractivity contribution in [3.8, 4) is 17.2 Å². The molecule has 6 rings (SSSR count). The first-order valence-electron chi connectivity index (χ1n) is 12.1. The molecule has 10 heteroatoms. The van der Waals surface area contributed by atoms with Crippen molar-refractivity contribution in [1.29, 1.82) is 0 Å². The van der Waals surface area contributed by atoms with Crippen molar-refractivity contribution in [2.45, 2.75) is 12.6 Å². The Bertz CT molecular complexity index is 1800. The van der Waals surface area contributed by atoms with Crippen molar-refractivity contribution in [3.05, 3.63) is 100 Å². The van der Waals surface area contributed by atoms with Crippen molar-refractivity contribution in [2.75, 3.05) is 18.1 Å². The fraction of sp³-hybridized carbons (Fsp3) is 0.138. The number of nitrogens with one attached hydrogen (secondary N) is 1. The van der Waals surface area contributed by atoms with Gasteiger partial charge in [0.1, 0.15) is 29.5 Å². The summed E-state index contributed by atoms with van der Waals surface area (Å²) in [6, 6.07) is 18.6. The van der Waals surface area contributed by atoms with Gasteiger partial charge in [-0.1, -0.05) is 36.4 Å². The lowest BCUT2D eigenvalue weighted by Gasteiger charge is -2.30. The number of amides is 1. The average Bonchev–Trinajstić information content (AvgIpc) is 2.92. The second-order valence-electron chi connectivity index (χ2n) is 9.03. The van der Waals surface area contributed by atoms with E-state index in [1.54, 1.807) is 36.4 Å². The Hall–Kier alpha value is -4.86. The number of hydrogen-bond acceptors (Lipinski definition) is 5. The summed E-state index contributed by atoms with van der Waals surface area (Å²) >= 11 is 0. The molecule has 1 aliphatic rings. The van der Waals surface area contributed by atoms with Crippen LogP contribution in [0.25, 0.3) is 21.8 Å². The van der Waals surface area contributed by atoms with Gasteiger partial charge in [0.2, 0.25) is 5.91 Å². The molecule has 0 atom stereocenters. The lowest BCUT2D eigenvalue weighted by atomic mass is 10.1. The molecule has 2 aromatic heterocycles. The van der Waals surface area contributed by atoms with E-state index in [1.807, 2.05) is 12.1 Å². The Morgan fingerprint density at radius 1 is 1.03 bits per heavy atom. The maximum atomic E-state index is 13.1. The predicted molar refractivity (Wildman–Crippen MR) is 139 cm³/mol. The third-order valence-corrected chi connectivity index (χ3v) is 6.52. The number of carbonyl (C=O) groups excluding carboxylic acids is 1. The maximum absolute atomic E-state index is 13.1. The van der Waals surface area contributed by atoms with Gasteiger partial charge < -0.3 is 19.4 Å². The van der Waals surface area contributed by atoms with E-state index in [9.17, 15) is 22.8 Å². The molecule has 3 aromatic carbocycles. The first kappa shape index (κ1) is 24.5. The number of halogens is 3. The molecule has 1 N–H and O–H groups in total. The molecule has 0 radical (unpaired) electrons. The molecule has 7 nitrogen and oxygen atoms in total. The molecule has 0 unspecified atom stereocenters. The van der Waals surface area contributed by atoms with Crippen LogP contribution in [0.5, 0.6) is 17.2 Å². The number of rotatable bonds is 4. The number of fused-ring (bicyclic) bond motifs is 4. The molecule has 0 aliphatic carbocycles. The zero-order valence-electron chi connectivity index (χ0n) is 20.3. The third-order valence-electron chi connectivity index (χ3n) is 6.52. The van der Waals surface area contributed by atoms with E-state index >= 15 is 0 Å². The molecule has 5 aromatic rings. The second kappa shape index (κ2) is 9.46. The highest BCUT2D eigenvalue weighted by atomic mass is 19.4. The minimum atomic E-state index is -4.48. The van der Waals surface area contributed by atoms with Crippen LogP contribution in [-0.4, -0.2) is 29.0 Å². The van der Waals surface area contributed by atoms with E-state index in [-0.39, 0.29) is 36.6 Å². The van der Waals surface area contributed by atoms with Gasteiger partial charge in [0.25, 0.3) is 5.56 Å². The van der Waals surface area contributed by atoms with E-state index in [0.29, 0.717) is 44.7 Å². The molecule has 0 saturated carbocycles. The first-order chi connectivity index (χ1) is 18.8. The maximum Gasteiger partial charge on any atom is 0.416 e. The lowest BCUT2D eigenvalue weighted by Crippen LogP contribution is -2.38. The quantitative estimate of drug-likeness (QED) is 0.294. The zero-order chi connectivity index (χ0) is 27.1. The number of alkyl halides is 3. The van der Waals surface area contributed by atoms with E-state index in [2.05, 4.69) is 9.97 Å². The predicted octanol–water partition coefficient (Wildman–Crippen LogP) is 5.86. The number of nitrogens with zero attached hydrogens (tertiary/aromatic N) is 2. The van der Waals surface area contributed by atoms with Crippen LogP contribution >= 0.6 is 0 Å². The molecular weight excluding hydrogens is 511 g/mol. The number of aromatic amines is 1. The van der Waals surface area contributed by atoms with Crippen molar-refractivity contribution in [2.24, 2.45) is 0 Å². The Kier molecular flexibility index (Phi) is 5.94. The van der Waals surface area contributed by atoms with Crippen LogP contribution in [0.15, 0.2) is 83.8 Å². The van der Waals surface area contributed by atoms with Crippen LogP contribution < -0.4 is 19.9 Å². The highest BCUT2D eigenvalue weighted by molar-refractivity contribution is 6.07. The summed E-state index contributed by atoms with van der Waals surface area (Å²) in [7, 11) is 0. The van der Waals surface area contributed by atoms with Crippen molar-refractivity contribution < 1.29 is 27.4 Å². The number of pyridine rings is 2. The normalized spacial score (nSPS) is 13.3. The van der Waals surface area contributed by atoms with Crippen molar-refractivity contribution in [1.82, 2.24) is 9.97 Å². The van der Waals surface area contributed by atoms with Gasteiger partial charge in [-0.25, -0.2) is 4.98 Å². The van der Waals surface area contributed by atoms with Gasteiger partial charge in [0, 0.05) is 23.0 Å². The van der Waals surface area contributed by atoms with Gasteiger partial charge in [-0.3, -0.25) is 9.59 Å². The largest absolute Gasteiger partial charge is 0.489 e. The van der Waals surface area contributed by atoms with Gasteiger partial charge in [0.15, 0.2) is 0 Å². The van der Waals surface area contributed by atoms with E-state index < -0.39 is 11.7 Å². The van der Waals surface area contributed by atoms with Gasteiger partial charge >= 0.3 is 6.18 Å². The summed E-state index contributed by atoms with van der Waals surface area (Å²) < 4.78 is 51.2. The molecule has 0 bridgehead atoms. The summed E-state index contributed by atoms with van der Waals surface area (Å²) in [4.78, 5) is 34.1. The number of carbonyl (C=O) groups is 1. The molecule has 196 valence electrons. The minimum Gasteiger partial charge on any atom is -0.489 e. The van der Waals surface area contributed by atoms with Crippen LogP contribution in [-0.2, 0) is 17.4 Å². The smallest absolute Gasteiger partial charge is 0.416 e. The fourth-order valence-electron chi connectivity index (χ4n) is 4.74. The van der Waals surface area contributed by atoms with Crippen molar-refractivity contribution in [3.63, 3.8) is 0 Å². The average molecular weight is 531 g/mol. The Morgan fingerprint density at radius 3 is 2.67 bits per heavy atom. The summed E-state index contributed by atoms with van der Waals surface area (Å²) in [6.45, 7) is 0.480. The topological polar surface area (TPSA) is 84.5 Å². The summed E-state index contributed by atoms with van der Waals surface area (Å²) in [5.74, 6) is 0.972. The van der Waals surface area contributed by atoms with Crippen LogP contribution in [0.1, 0.15) is 11.1 Å². The fourth-order valence-corrected chi connectivity index (χ4v) is 4.74. The van der Waals surface area contributed by atoms with E-state index in [0.717, 1.165) is 12.1 Å². The first-order valence-corrected chi connectivity index (χ1v) is 12.1. The van der Waals surface area contributed by atoms with Crippen LogP contribution in [0.3, 0.4) is 0 Å². The third kappa shape index (κ3) is 4.65. The Labute approximate surface area is 219 Å². The molecule has 0 spiro atoms. The van der Waals surface area contributed by atoms with Crippen LogP contribution in [0, 0.1) is 0 Å². The van der Waals surface area contributed by atoms with Gasteiger partial charge in [0.05, 0.1) is 29.6 Å². The summed E-state index contributed by atoms with van der Waals surface area (Å²) in [6.07, 6.45) is -3.13. The molecule has 3 heterocycles. The van der Waals surface area contributed by atoms with E-state index in [4.69, 9.17) is 9.47 Å². The van der Waals surface area contributed by atoms with Gasteiger partial charge in [-0.15, -0.1) is 0 Å². The molecule has 1 amide bonds. The van der Waals surface area contributed by atoms with Crippen LogP contribution in [0.4, 0.5) is 18.9 Å². The summed E-state index contributed by atoms with van der Waals surface area (Å²) in [5.41, 5.74) is 0.117. The van der Waals surface area contributed by atoms with Gasteiger partial charge in [-0.2, -0.15) is 13.2 Å². The van der Waals surface area contributed by atoms with Crippen LogP contribution in [0.2, 0.25) is 0 Å². The number of ether oxygens (including phenoxy) is 2.